The minimum atomic E-state index is -0.752. The molecule has 1 unspecified atom stereocenters. The van der Waals surface area contributed by atoms with E-state index < -0.39 is 6.10 Å². The SMILES string of the molecule is CCn1ncc(Br)c1C(O)c1ccccn1. The van der Waals surface area contributed by atoms with Crippen molar-refractivity contribution in [2.45, 2.75) is 19.6 Å². The molecule has 2 heterocycles. The van der Waals surface area contributed by atoms with Crippen LogP contribution in [0.2, 0.25) is 0 Å². The van der Waals surface area contributed by atoms with E-state index in [1.807, 2.05) is 19.1 Å². The Morgan fingerprint density at radius 1 is 1.50 bits per heavy atom. The Kier molecular flexibility index (Phi) is 3.36. The van der Waals surface area contributed by atoms with E-state index in [2.05, 4.69) is 26.0 Å². The standard InChI is InChI=1S/C11H12BrN3O/c1-2-15-10(8(12)7-14-15)11(16)9-5-3-4-6-13-9/h3-7,11,16H,2H2,1H3. The highest BCUT2D eigenvalue weighted by molar-refractivity contribution is 9.10. The maximum Gasteiger partial charge on any atom is 0.139 e. The van der Waals surface area contributed by atoms with Crippen molar-refractivity contribution < 1.29 is 5.11 Å². The molecule has 0 aliphatic carbocycles. The van der Waals surface area contributed by atoms with Crippen LogP contribution in [0.25, 0.3) is 0 Å². The molecule has 0 bridgehead atoms. The first-order valence-electron chi connectivity index (χ1n) is 5.04. The molecule has 16 heavy (non-hydrogen) atoms. The first-order chi connectivity index (χ1) is 7.74. The van der Waals surface area contributed by atoms with E-state index in [0.29, 0.717) is 12.2 Å². The van der Waals surface area contributed by atoms with E-state index in [4.69, 9.17) is 0 Å². The Labute approximate surface area is 102 Å². The smallest absolute Gasteiger partial charge is 0.139 e. The molecular weight excluding hydrogens is 270 g/mol. The summed E-state index contributed by atoms with van der Waals surface area (Å²) in [5.74, 6) is 0. The zero-order valence-electron chi connectivity index (χ0n) is 8.84. The zero-order valence-corrected chi connectivity index (χ0v) is 10.4. The van der Waals surface area contributed by atoms with E-state index in [1.165, 1.54) is 0 Å². The number of hydrogen-bond donors (Lipinski definition) is 1. The summed E-state index contributed by atoms with van der Waals surface area (Å²) in [5.41, 5.74) is 1.36. The number of pyridine rings is 1. The molecule has 0 saturated carbocycles. The van der Waals surface area contributed by atoms with Gasteiger partial charge in [-0.2, -0.15) is 5.10 Å². The average molecular weight is 282 g/mol. The van der Waals surface area contributed by atoms with Crippen LogP contribution < -0.4 is 0 Å². The van der Waals surface area contributed by atoms with Crippen LogP contribution in [0.3, 0.4) is 0 Å². The fourth-order valence-electron chi connectivity index (χ4n) is 1.57. The van der Waals surface area contributed by atoms with Gasteiger partial charge < -0.3 is 5.11 Å². The van der Waals surface area contributed by atoms with Gasteiger partial charge in [0.2, 0.25) is 0 Å². The summed E-state index contributed by atoms with van der Waals surface area (Å²) in [4.78, 5) is 4.14. The van der Waals surface area contributed by atoms with E-state index in [-0.39, 0.29) is 0 Å². The highest BCUT2D eigenvalue weighted by Crippen LogP contribution is 2.27. The second-order valence-electron chi connectivity index (χ2n) is 3.35. The Bertz CT molecular complexity index is 469. The molecule has 0 aromatic carbocycles. The molecule has 4 nitrogen and oxygen atoms in total. The Morgan fingerprint density at radius 3 is 2.94 bits per heavy atom. The Morgan fingerprint density at radius 2 is 2.31 bits per heavy atom. The predicted octanol–water partition coefficient (Wildman–Crippen LogP) is 2.14. The summed E-state index contributed by atoms with van der Waals surface area (Å²) >= 11 is 3.38. The molecule has 5 heteroatoms. The second-order valence-corrected chi connectivity index (χ2v) is 4.20. The molecule has 0 amide bonds. The monoisotopic (exact) mass is 281 g/mol. The maximum atomic E-state index is 10.2. The minimum absolute atomic E-state index is 0.624. The van der Waals surface area contributed by atoms with Crippen LogP contribution in [-0.4, -0.2) is 19.9 Å². The van der Waals surface area contributed by atoms with Gasteiger partial charge in [-0.25, -0.2) is 0 Å². The fourth-order valence-corrected chi connectivity index (χ4v) is 2.09. The summed E-state index contributed by atoms with van der Waals surface area (Å²) in [5, 5.41) is 14.4. The third-order valence-corrected chi connectivity index (χ3v) is 2.97. The van der Waals surface area contributed by atoms with Crippen LogP contribution in [0.15, 0.2) is 35.1 Å². The second kappa shape index (κ2) is 4.76. The predicted molar refractivity (Wildman–Crippen MR) is 63.9 cm³/mol. The molecule has 84 valence electrons. The van der Waals surface area contributed by atoms with E-state index in [0.717, 1.165) is 10.2 Å². The van der Waals surface area contributed by atoms with Gasteiger partial charge in [-0.1, -0.05) is 6.07 Å². The number of rotatable bonds is 3. The summed E-state index contributed by atoms with van der Waals surface area (Å²) in [6.45, 7) is 2.69. The molecule has 2 aromatic heterocycles. The van der Waals surface area contributed by atoms with Gasteiger partial charge in [-0.05, 0) is 35.0 Å². The normalized spacial score (nSPS) is 12.7. The van der Waals surface area contributed by atoms with Gasteiger partial charge >= 0.3 is 0 Å². The Hall–Kier alpha value is -1.20. The lowest BCUT2D eigenvalue weighted by atomic mass is 10.1. The molecule has 1 N–H and O–H groups in total. The molecule has 0 saturated heterocycles. The van der Waals surface area contributed by atoms with Crippen LogP contribution >= 0.6 is 15.9 Å². The number of aromatic nitrogens is 3. The molecule has 0 aliphatic rings. The van der Waals surface area contributed by atoms with Crippen LogP contribution in [-0.2, 0) is 6.54 Å². The molecule has 0 radical (unpaired) electrons. The van der Waals surface area contributed by atoms with Gasteiger partial charge in [0.05, 0.1) is 22.1 Å². The highest BCUT2D eigenvalue weighted by Gasteiger charge is 2.19. The van der Waals surface area contributed by atoms with Crippen molar-refractivity contribution in [3.05, 3.63) is 46.5 Å². The third kappa shape index (κ3) is 2.01. The lowest BCUT2D eigenvalue weighted by molar-refractivity contribution is 0.202. The number of aryl methyl sites for hydroxylation is 1. The molecule has 0 spiro atoms. The number of aliphatic hydroxyl groups excluding tert-OH is 1. The highest BCUT2D eigenvalue weighted by atomic mass is 79.9. The lowest BCUT2D eigenvalue weighted by Crippen LogP contribution is -2.10. The van der Waals surface area contributed by atoms with Gasteiger partial charge in [0, 0.05) is 12.7 Å². The number of aliphatic hydroxyl groups is 1. The van der Waals surface area contributed by atoms with Crippen molar-refractivity contribution in [1.82, 2.24) is 14.8 Å². The number of halogens is 1. The molecule has 0 fully saturated rings. The van der Waals surface area contributed by atoms with Crippen molar-refractivity contribution in [2.24, 2.45) is 0 Å². The molecular formula is C11H12BrN3O. The summed E-state index contributed by atoms with van der Waals surface area (Å²) in [6.07, 6.45) is 2.60. The molecule has 2 aromatic rings. The fraction of sp³-hybridized carbons (Fsp3) is 0.273. The van der Waals surface area contributed by atoms with Crippen LogP contribution in [0, 0.1) is 0 Å². The van der Waals surface area contributed by atoms with Gasteiger partial charge in [0.15, 0.2) is 0 Å². The van der Waals surface area contributed by atoms with Gasteiger partial charge in [0.25, 0.3) is 0 Å². The van der Waals surface area contributed by atoms with Crippen molar-refractivity contribution in [3.8, 4) is 0 Å². The quantitative estimate of drug-likeness (QED) is 0.938. The van der Waals surface area contributed by atoms with Gasteiger partial charge in [-0.15, -0.1) is 0 Å². The van der Waals surface area contributed by atoms with Crippen molar-refractivity contribution in [3.63, 3.8) is 0 Å². The first-order valence-corrected chi connectivity index (χ1v) is 5.83. The van der Waals surface area contributed by atoms with Crippen LogP contribution in [0.5, 0.6) is 0 Å². The average Bonchev–Trinajstić information content (AvgIpc) is 2.70. The maximum absolute atomic E-state index is 10.2. The lowest BCUT2D eigenvalue weighted by Gasteiger charge is -2.12. The van der Waals surface area contributed by atoms with Crippen molar-refractivity contribution >= 4 is 15.9 Å². The topological polar surface area (TPSA) is 50.9 Å². The van der Waals surface area contributed by atoms with Crippen molar-refractivity contribution in [1.29, 1.82) is 0 Å². The van der Waals surface area contributed by atoms with Crippen LogP contribution in [0.1, 0.15) is 24.4 Å². The molecule has 1 atom stereocenters. The summed E-state index contributed by atoms with van der Waals surface area (Å²) < 4.78 is 2.55. The van der Waals surface area contributed by atoms with Crippen LogP contribution in [0.4, 0.5) is 0 Å². The van der Waals surface area contributed by atoms with E-state index in [9.17, 15) is 5.11 Å². The molecule has 2 rings (SSSR count). The third-order valence-electron chi connectivity index (χ3n) is 2.36. The summed E-state index contributed by atoms with van der Waals surface area (Å²) in [7, 11) is 0. The molecule has 0 aliphatic heterocycles. The Balaban J connectivity index is 2.41. The first kappa shape index (κ1) is 11.3. The largest absolute Gasteiger partial charge is 0.380 e. The van der Waals surface area contributed by atoms with Crippen molar-refractivity contribution in [2.75, 3.05) is 0 Å². The number of hydrogen-bond acceptors (Lipinski definition) is 3. The van der Waals surface area contributed by atoms with E-state index in [1.54, 1.807) is 23.1 Å². The minimum Gasteiger partial charge on any atom is -0.380 e. The summed E-state index contributed by atoms with van der Waals surface area (Å²) in [6, 6.07) is 5.47. The van der Waals surface area contributed by atoms with Gasteiger partial charge in [-0.3, -0.25) is 9.67 Å². The zero-order chi connectivity index (χ0) is 11.5. The van der Waals surface area contributed by atoms with Gasteiger partial charge in [0.1, 0.15) is 6.10 Å². The number of nitrogens with zero attached hydrogens (tertiary/aromatic N) is 3. The van der Waals surface area contributed by atoms with E-state index >= 15 is 0 Å².